The van der Waals surface area contributed by atoms with Gasteiger partial charge in [0.15, 0.2) is 23.4 Å². The first-order chi connectivity index (χ1) is 12.3. The first-order valence-electron chi connectivity index (χ1n) is 7.73. The van der Waals surface area contributed by atoms with Crippen molar-refractivity contribution in [1.29, 1.82) is 0 Å². The molecule has 0 saturated carbocycles. The number of ketones is 1. The Morgan fingerprint density at radius 2 is 1.85 bits per heavy atom. The van der Waals surface area contributed by atoms with Crippen LogP contribution in [0, 0.1) is 10.1 Å². The molecule has 26 heavy (non-hydrogen) atoms. The maximum atomic E-state index is 12.4. The topological polar surface area (TPSA) is 108 Å². The van der Waals surface area contributed by atoms with Gasteiger partial charge < -0.3 is 14.8 Å². The van der Waals surface area contributed by atoms with Gasteiger partial charge in [0.05, 0.1) is 23.8 Å². The van der Waals surface area contributed by atoms with E-state index >= 15 is 0 Å². The Balaban J connectivity index is 2.19. The molecule has 1 amide bonds. The number of nitrogens with zero attached hydrogens (tertiary/aromatic N) is 1. The molecule has 0 aliphatic heterocycles. The number of anilines is 1. The Morgan fingerprint density at radius 3 is 2.46 bits per heavy atom. The molecule has 0 fully saturated rings. The highest BCUT2D eigenvalue weighted by molar-refractivity contribution is 6.04. The van der Waals surface area contributed by atoms with Gasteiger partial charge in [-0.15, -0.1) is 0 Å². The summed E-state index contributed by atoms with van der Waals surface area (Å²) < 4.78 is 10.6. The lowest BCUT2D eigenvalue weighted by molar-refractivity contribution is -0.385. The van der Waals surface area contributed by atoms with Crippen molar-refractivity contribution in [2.75, 3.05) is 12.4 Å². The molecule has 0 saturated heterocycles. The highest BCUT2D eigenvalue weighted by Crippen LogP contribution is 2.32. The Labute approximate surface area is 149 Å². The van der Waals surface area contributed by atoms with E-state index in [-0.39, 0.29) is 23.0 Å². The minimum Gasteiger partial charge on any atom is -0.493 e. The van der Waals surface area contributed by atoms with Crippen molar-refractivity contribution >= 4 is 23.1 Å². The minimum atomic E-state index is -0.981. The largest absolute Gasteiger partial charge is 0.493 e. The summed E-state index contributed by atoms with van der Waals surface area (Å²) in [7, 11) is 1.39. The molecule has 0 unspecified atom stereocenters. The Morgan fingerprint density at radius 1 is 1.15 bits per heavy atom. The van der Waals surface area contributed by atoms with E-state index in [0.29, 0.717) is 11.3 Å². The molecule has 0 spiro atoms. The molecule has 0 radical (unpaired) electrons. The number of para-hydroxylation sites is 1. The van der Waals surface area contributed by atoms with E-state index in [1.165, 1.54) is 39.2 Å². The highest BCUT2D eigenvalue weighted by atomic mass is 16.6. The first kappa shape index (κ1) is 18.9. The van der Waals surface area contributed by atoms with Crippen molar-refractivity contribution in [1.82, 2.24) is 0 Å². The van der Waals surface area contributed by atoms with E-state index in [2.05, 4.69) is 5.32 Å². The third kappa shape index (κ3) is 4.35. The first-order valence-corrected chi connectivity index (χ1v) is 7.73. The predicted octanol–water partition coefficient (Wildman–Crippen LogP) is 3.21. The van der Waals surface area contributed by atoms with Crippen molar-refractivity contribution in [3.8, 4) is 11.5 Å². The lowest BCUT2D eigenvalue weighted by atomic mass is 10.1. The maximum absolute atomic E-state index is 12.4. The summed E-state index contributed by atoms with van der Waals surface area (Å²) in [5, 5.41) is 13.5. The summed E-state index contributed by atoms with van der Waals surface area (Å²) >= 11 is 0. The number of nitrogens with one attached hydrogen (secondary N) is 1. The maximum Gasteiger partial charge on any atom is 0.273 e. The fourth-order valence-corrected chi connectivity index (χ4v) is 2.25. The number of nitro benzene ring substituents is 1. The number of amides is 1. The summed E-state index contributed by atoms with van der Waals surface area (Å²) in [5.41, 5.74) is 0.558. The molecule has 2 aromatic carbocycles. The molecule has 136 valence electrons. The molecule has 0 bridgehead atoms. The van der Waals surface area contributed by atoms with Gasteiger partial charge in [-0.25, -0.2) is 0 Å². The number of ether oxygens (including phenoxy) is 2. The van der Waals surface area contributed by atoms with E-state index in [1.54, 1.807) is 24.3 Å². The van der Waals surface area contributed by atoms with Gasteiger partial charge in [0.1, 0.15) is 0 Å². The second kappa shape index (κ2) is 8.11. The number of benzene rings is 2. The van der Waals surface area contributed by atoms with Crippen LogP contribution in [0.25, 0.3) is 0 Å². The van der Waals surface area contributed by atoms with Gasteiger partial charge >= 0.3 is 0 Å². The van der Waals surface area contributed by atoms with E-state index in [1.807, 2.05) is 0 Å². The summed E-state index contributed by atoms with van der Waals surface area (Å²) in [5.74, 6) is -0.356. The number of hydrogen-bond acceptors (Lipinski definition) is 6. The lowest BCUT2D eigenvalue weighted by Crippen LogP contribution is -2.30. The molecular weight excluding hydrogens is 340 g/mol. The van der Waals surface area contributed by atoms with E-state index in [0.717, 1.165) is 0 Å². The van der Waals surface area contributed by atoms with Crippen molar-refractivity contribution < 1.29 is 24.0 Å². The third-order valence-electron chi connectivity index (χ3n) is 3.60. The molecule has 2 rings (SSSR count). The van der Waals surface area contributed by atoms with Crippen LogP contribution in [-0.2, 0) is 4.79 Å². The van der Waals surface area contributed by atoms with Crippen LogP contribution in [0.2, 0.25) is 0 Å². The average molecular weight is 358 g/mol. The van der Waals surface area contributed by atoms with Crippen LogP contribution < -0.4 is 14.8 Å². The third-order valence-corrected chi connectivity index (χ3v) is 3.60. The van der Waals surface area contributed by atoms with Gasteiger partial charge in [-0.3, -0.25) is 19.7 Å². The summed E-state index contributed by atoms with van der Waals surface area (Å²) in [6, 6.07) is 10.5. The summed E-state index contributed by atoms with van der Waals surface area (Å²) in [6.45, 7) is 2.89. The Hall–Kier alpha value is -3.42. The van der Waals surface area contributed by atoms with E-state index in [9.17, 15) is 19.7 Å². The van der Waals surface area contributed by atoms with Crippen LogP contribution in [0.15, 0.2) is 42.5 Å². The number of Topliss-reactive ketones (excluding diaryl/α,β-unsaturated/α-hetero) is 1. The number of nitro groups is 1. The molecule has 0 heterocycles. The number of carbonyl (C=O) groups is 2. The van der Waals surface area contributed by atoms with E-state index < -0.39 is 16.9 Å². The van der Waals surface area contributed by atoms with Crippen LogP contribution in [0.4, 0.5) is 11.4 Å². The van der Waals surface area contributed by atoms with Crippen LogP contribution >= 0.6 is 0 Å². The van der Waals surface area contributed by atoms with Gasteiger partial charge in [-0.1, -0.05) is 12.1 Å². The monoisotopic (exact) mass is 358 g/mol. The van der Waals surface area contributed by atoms with Crippen LogP contribution in [0.3, 0.4) is 0 Å². The standard InChI is InChI=1S/C18H18N2O6/c1-11(21)14-6-4-5-7-15(14)19-18(22)12(2)26-17-10-13(20(23)24)8-9-16(17)25-3/h4-10,12H,1-3H3,(H,19,22)/t12-/m1/s1. The van der Waals surface area contributed by atoms with Crippen LogP contribution in [-0.4, -0.2) is 29.8 Å². The van der Waals surface area contributed by atoms with Gasteiger partial charge in [0, 0.05) is 11.6 Å². The molecule has 1 atom stereocenters. The smallest absolute Gasteiger partial charge is 0.273 e. The highest BCUT2D eigenvalue weighted by Gasteiger charge is 2.20. The van der Waals surface area contributed by atoms with Crippen molar-refractivity contribution in [3.63, 3.8) is 0 Å². The van der Waals surface area contributed by atoms with Gasteiger partial charge in [0.25, 0.3) is 11.6 Å². The molecular formula is C18H18N2O6. The second-order valence-electron chi connectivity index (χ2n) is 5.44. The predicted molar refractivity (Wildman–Crippen MR) is 94.8 cm³/mol. The van der Waals surface area contributed by atoms with Crippen LogP contribution in [0.5, 0.6) is 11.5 Å². The fraction of sp³-hybridized carbons (Fsp3) is 0.222. The zero-order valence-electron chi connectivity index (χ0n) is 14.5. The molecule has 2 aromatic rings. The Kier molecular flexibility index (Phi) is 5.90. The molecule has 1 N–H and O–H groups in total. The molecule has 0 aromatic heterocycles. The quantitative estimate of drug-likeness (QED) is 0.462. The van der Waals surface area contributed by atoms with Crippen LogP contribution in [0.1, 0.15) is 24.2 Å². The minimum absolute atomic E-state index is 0.0733. The average Bonchev–Trinajstić information content (AvgIpc) is 2.61. The normalized spacial score (nSPS) is 11.3. The molecule has 8 heteroatoms. The zero-order chi connectivity index (χ0) is 19.3. The molecule has 0 aliphatic carbocycles. The van der Waals surface area contributed by atoms with E-state index in [4.69, 9.17) is 9.47 Å². The number of non-ortho nitro benzene ring substituents is 1. The van der Waals surface area contributed by atoms with Crippen molar-refractivity contribution in [2.24, 2.45) is 0 Å². The van der Waals surface area contributed by atoms with Crippen molar-refractivity contribution in [2.45, 2.75) is 20.0 Å². The zero-order valence-corrected chi connectivity index (χ0v) is 14.5. The van der Waals surface area contributed by atoms with Gasteiger partial charge in [-0.05, 0) is 32.0 Å². The fourth-order valence-electron chi connectivity index (χ4n) is 2.25. The number of carbonyl (C=O) groups excluding carboxylic acids is 2. The second-order valence-corrected chi connectivity index (χ2v) is 5.44. The SMILES string of the molecule is COc1ccc([N+](=O)[O-])cc1O[C@H](C)C(=O)Nc1ccccc1C(C)=O. The lowest BCUT2D eigenvalue weighted by Gasteiger charge is -2.17. The number of rotatable bonds is 7. The summed E-state index contributed by atoms with van der Waals surface area (Å²) in [4.78, 5) is 34.4. The number of methoxy groups -OCH3 is 1. The molecule has 8 nitrogen and oxygen atoms in total. The van der Waals surface area contributed by atoms with Gasteiger partial charge in [-0.2, -0.15) is 0 Å². The summed E-state index contributed by atoms with van der Waals surface area (Å²) in [6.07, 6.45) is -0.981. The van der Waals surface area contributed by atoms with Gasteiger partial charge in [0.2, 0.25) is 0 Å². The number of hydrogen-bond donors (Lipinski definition) is 1. The van der Waals surface area contributed by atoms with Crippen molar-refractivity contribution in [3.05, 3.63) is 58.1 Å². The molecule has 0 aliphatic rings. The Bertz CT molecular complexity index is 849.